The van der Waals surface area contributed by atoms with Crippen molar-refractivity contribution in [2.24, 2.45) is 0 Å². The van der Waals surface area contributed by atoms with E-state index in [1.54, 1.807) is 17.4 Å². The molecule has 0 aliphatic rings. The van der Waals surface area contributed by atoms with Gasteiger partial charge in [-0.1, -0.05) is 30.9 Å². The highest BCUT2D eigenvalue weighted by atomic mass is 32.2. The first-order valence-electron chi connectivity index (χ1n) is 7.44. The van der Waals surface area contributed by atoms with Crippen LogP contribution in [-0.2, 0) is 5.75 Å². The van der Waals surface area contributed by atoms with Crippen LogP contribution in [0.2, 0.25) is 0 Å². The van der Waals surface area contributed by atoms with Crippen molar-refractivity contribution in [3.63, 3.8) is 0 Å². The lowest BCUT2D eigenvalue weighted by Crippen LogP contribution is -1.95. The number of benzene rings is 1. The van der Waals surface area contributed by atoms with E-state index in [4.69, 9.17) is 4.74 Å². The molecular formula is C16H18N4OS2. The Balaban J connectivity index is 1.78. The molecule has 0 saturated carbocycles. The maximum Gasteiger partial charge on any atom is 0.235 e. The van der Waals surface area contributed by atoms with E-state index in [9.17, 15) is 0 Å². The first-order valence-corrected chi connectivity index (χ1v) is 9.42. The van der Waals surface area contributed by atoms with E-state index in [2.05, 4.69) is 28.8 Å². The molecule has 0 aliphatic carbocycles. The third-order valence-corrected chi connectivity index (χ3v) is 5.21. The monoisotopic (exact) mass is 346 g/mol. The summed E-state index contributed by atoms with van der Waals surface area (Å²) in [6.45, 7) is 6.33. The lowest BCUT2D eigenvalue weighted by atomic mass is 10.2. The average Bonchev–Trinajstić information content (AvgIpc) is 3.15. The van der Waals surface area contributed by atoms with Gasteiger partial charge in [0, 0.05) is 5.56 Å². The largest absolute Gasteiger partial charge is 0.490 e. The number of hydrogen-bond acceptors (Lipinski definition) is 6. The highest BCUT2D eigenvalue weighted by Crippen LogP contribution is 2.27. The van der Waals surface area contributed by atoms with Crippen LogP contribution in [-0.4, -0.2) is 32.2 Å². The normalized spacial score (nSPS) is 11.0. The molecule has 0 amide bonds. The van der Waals surface area contributed by atoms with E-state index in [0.717, 1.165) is 45.0 Å². The molecule has 3 rings (SSSR count). The molecule has 0 radical (unpaired) electrons. The molecule has 23 heavy (non-hydrogen) atoms. The van der Waals surface area contributed by atoms with Crippen molar-refractivity contribution in [2.75, 3.05) is 12.4 Å². The van der Waals surface area contributed by atoms with Crippen molar-refractivity contribution < 1.29 is 4.74 Å². The minimum absolute atomic E-state index is 0.509. The predicted molar refractivity (Wildman–Crippen MR) is 96.2 cm³/mol. The molecule has 0 N–H and O–H groups in total. The maximum atomic E-state index is 5.50. The van der Waals surface area contributed by atoms with Crippen LogP contribution in [0.15, 0.2) is 36.9 Å². The predicted octanol–water partition coefficient (Wildman–Crippen LogP) is 4.06. The van der Waals surface area contributed by atoms with Gasteiger partial charge in [-0.25, -0.2) is 0 Å². The third kappa shape index (κ3) is 3.73. The van der Waals surface area contributed by atoms with Crippen LogP contribution in [0, 0.1) is 0 Å². The number of rotatable bonds is 8. The minimum atomic E-state index is 0.509. The van der Waals surface area contributed by atoms with Crippen LogP contribution in [0.25, 0.3) is 15.5 Å². The topological polar surface area (TPSA) is 52.3 Å². The first kappa shape index (κ1) is 16.0. The molecule has 3 aromatic rings. The summed E-state index contributed by atoms with van der Waals surface area (Å²) in [6.07, 6.45) is 2.89. The Bertz CT molecular complexity index is 779. The molecule has 0 aliphatic heterocycles. The van der Waals surface area contributed by atoms with Crippen LogP contribution in [0.5, 0.6) is 5.75 Å². The molecule has 0 saturated heterocycles. The van der Waals surface area contributed by atoms with Crippen molar-refractivity contribution in [1.82, 2.24) is 19.8 Å². The van der Waals surface area contributed by atoms with Gasteiger partial charge in [-0.05, 0) is 36.4 Å². The lowest BCUT2D eigenvalue weighted by Gasteiger charge is -2.03. The van der Waals surface area contributed by atoms with Gasteiger partial charge >= 0.3 is 0 Å². The van der Waals surface area contributed by atoms with Crippen molar-refractivity contribution in [3.05, 3.63) is 42.7 Å². The number of hydrogen-bond donors (Lipinski definition) is 0. The second-order valence-corrected chi connectivity index (χ2v) is 6.96. The van der Waals surface area contributed by atoms with E-state index in [1.165, 1.54) is 0 Å². The van der Waals surface area contributed by atoms with Crippen molar-refractivity contribution >= 4 is 28.1 Å². The van der Waals surface area contributed by atoms with Gasteiger partial charge in [-0.2, -0.15) is 21.4 Å². The van der Waals surface area contributed by atoms with Gasteiger partial charge in [-0.3, -0.25) is 0 Å². The summed E-state index contributed by atoms with van der Waals surface area (Å²) in [4.78, 5) is 0.832. The Labute approximate surface area is 143 Å². The molecule has 7 heteroatoms. The highest BCUT2D eigenvalue weighted by Gasteiger charge is 2.12. The average molecular weight is 346 g/mol. The van der Waals surface area contributed by atoms with E-state index < -0.39 is 0 Å². The fraction of sp³-hybridized carbons (Fsp3) is 0.312. The quantitative estimate of drug-likeness (QED) is 0.455. The van der Waals surface area contributed by atoms with Crippen molar-refractivity contribution in [3.8, 4) is 16.3 Å². The first-order chi connectivity index (χ1) is 11.3. The van der Waals surface area contributed by atoms with Gasteiger partial charge in [0.1, 0.15) is 17.4 Å². The smallest absolute Gasteiger partial charge is 0.235 e. The van der Waals surface area contributed by atoms with E-state index in [-0.39, 0.29) is 0 Å². The summed E-state index contributed by atoms with van der Waals surface area (Å²) < 4.78 is 7.35. The Hall–Kier alpha value is -1.86. The van der Waals surface area contributed by atoms with Crippen molar-refractivity contribution in [1.29, 1.82) is 0 Å². The lowest BCUT2D eigenvalue weighted by molar-refractivity contribution is 0.363. The van der Waals surface area contributed by atoms with Gasteiger partial charge in [0.25, 0.3) is 0 Å². The summed E-state index contributed by atoms with van der Waals surface area (Å²) in [7, 11) is 0. The molecule has 2 aromatic heterocycles. The highest BCUT2D eigenvalue weighted by molar-refractivity contribution is 7.98. The maximum absolute atomic E-state index is 5.50. The summed E-state index contributed by atoms with van der Waals surface area (Å²) in [5.74, 6) is 3.70. The summed E-state index contributed by atoms with van der Waals surface area (Å²) >= 11 is 3.40. The summed E-state index contributed by atoms with van der Waals surface area (Å²) in [6, 6.07) is 7.91. The summed E-state index contributed by atoms with van der Waals surface area (Å²) in [5, 5.41) is 14.0. The van der Waals surface area contributed by atoms with Crippen LogP contribution in [0.1, 0.15) is 19.2 Å². The van der Waals surface area contributed by atoms with Crippen molar-refractivity contribution in [2.45, 2.75) is 19.1 Å². The SMILES string of the molecule is C=CCOc1ccc(-c2nn3c(CSCCC)nnc3s2)cc1. The molecule has 0 unspecified atom stereocenters. The van der Waals surface area contributed by atoms with Gasteiger partial charge in [0.05, 0.1) is 5.75 Å². The molecule has 0 atom stereocenters. The van der Waals surface area contributed by atoms with Crippen LogP contribution < -0.4 is 4.74 Å². The molecule has 120 valence electrons. The Kier molecular flexibility index (Phi) is 5.30. The zero-order valence-corrected chi connectivity index (χ0v) is 14.6. The number of nitrogens with zero attached hydrogens (tertiary/aromatic N) is 4. The number of fused-ring (bicyclic) bond motifs is 1. The summed E-state index contributed by atoms with van der Waals surface area (Å²) in [5.41, 5.74) is 1.05. The zero-order chi connectivity index (χ0) is 16.1. The fourth-order valence-corrected chi connectivity index (χ4v) is 3.68. The van der Waals surface area contributed by atoms with E-state index in [0.29, 0.717) is 6.61 Å². The molecule has 5 nitrogen and oxygen atoms in total. The molecule has 1 aromatic carbocycles. The molecule has 0 fully saturated rings. The second kappa shape index (κ2) is 7.61. The number of ether oxygens (including phenoxy) is 1. The van der Waals surface area contributed by atoms with E-state index in [1.807, 2.05) is 40.5 Å². The van der Waals surface area contributed by atoms with E-state index >= 15 is 0 Å². The van der Waals surface area contributed by atoms with Gasteiger partial charge in [0.15, 0.2) is 5.82 Å². The molecule has 0 bridgehead atoms. The van der Waals surface area contributed by atoms with Gasteiger partial charge < -0.3 is 4.74 Å². The Morgan fingerprint density at radius 2 is 2.13 bits per heavy atom. The van der Waals surface area contributed by atoms with Crippen LogP contribution in [0.4, 0.5) is 0 Å². The molecule has 2 heterocycles. The molecule has 0 spiro atoms. The fourth-order valence-electron chi connectivity index (χ4n) is 2.02. The third-order valence-electron chi connectivity index (χ3n) is 3.10. The zero-order valence-electron chi connectivity index (χ0n) is 12.9. The number of aromatic nitrogens is 4. The van der Waals surface area contributed by atoms with Gasteiger partial charge in [-0.15, -0.1) is 10.2 Å². The number of thioether (sulfide) groups is 1. The standard InChI is InChI=1S/C16H18N4OS2/c1-3-9-21-13-7-5-12(6-8-13)15-19-20-14(11-22-10-4-2)17-18-16(20)23-15/h3,5-8H,1,4,9-11H2,2H3. The second-order valence-electron chi connectivity index (χ2n) is 4.89. The molecular weight excluding hydrogens is 328 g/mol. The van der Waals surface area contributed by atoms with Crippen LogP contribution >= 0.6 is 23.1 Å². The van der Waals surface area contributed by atoms with Crippen LogP contribution in [0.3, 0.4) is 0 Å². The van der Waals surface area contributed by atoms with Gasteiger partial charge in [0.2, 0.25) is 4.96 Å². The minimum Gasteiger partial charge on any atom is -0.490 e. The Morgan fingerprint density at radius 3 is 2.87 bits per heavy atom. The Morgan fingerprint density at radius 1 is 1.30 bits per heavy atom.